The number of benzene rings is 1. The minimum atomic E-state index is 0.704. The smallest absolute Gasteiger partial charge is 0.0587 e. The number of fused-ring (bicyclic) bond motifs is 1. The van der Waals surface area contributed by atoms with Gasteiger partial charge in [0.25, 0.3) is 0 Å². The minimum absolute atomic E-state index is 0.704. The second-order valence-electron chi connectivity index (χ2n) is 4.93. The highest BCUT2D eigenvalue weighted by molar-refractivity contribution is 7.17. The summed E-state index contributed by atoms with van der Waals surface area (Å²) in [5, 5.41) is 7.23. The zero-order valence-corrected chi connectivity index (χ0v) is 12.6. The first-order valence-corrected chi connectivity index (χ1v) is 7.87. The van der Waals surface area contributed by atoms with E-state index in [4.69, 9.17) is 4.74 Å². The first-order chi connectivity index (χ1) is 9.35. The van der Waals surface area contributed by atoms with Gasteiger partial charge in [0.1, 0.15) is 0 Å². The van der Waals surface area contributed by atoms with Crippen LogP contribution in [-0.4, -0.2) is 26.8 Å². The van der Waals surface area contributed by atoms with Gasteiger partial charge in [-0.15, -0.1) is 11.3 Å². The van der Waals surface area contributed by atoms with E-state index >= 15 is 0 Å². The quantitative estimate of drug-likeness (QED) is 0.743. The molecule has 0 fully saturated rings. The summed E-state index contributed by atoms with van der Waals surface area (Å²) < 4.78 is 6.46. The average Bonchev–Trinajstić information content (AvgIpc) is 2.85. The number of methoxy groups -OCH3 is 1. The molecule has 0 aliphatic heterocycles. The van der Waals surface area contributed by atoms with Crippen LogP contribution in [0, 0.1) is 5.92 Å². The molecule has 1 atom stereocenters. The molecule has 3 heteroatoms. The van der Waals surface area contributed by atoms with Crippen molar-refractivity contribution < 1.29 is 4.74 Å². The van der Waals surface area contributed by atoms with Crippen molar-refractivity contribution in [3.63, 3.8) is 0 Å². The van der Waals surface area contributed by atoms with Crippen LogP contribution in [0.5, 0.6) is 0 Å². The molecule has 2 rings (SSSR count). The second kappa shape index (κ2) is 7.63. The van der Waals surface area contributed by atoms with Crippen LogP contribution in [0.15, 0.2) is 29.6 Å². The maximum atomic E-state index is 5.06. The average molecular weight is 277 g/mol. The third kappa shape index (κ3) is 4.03. The van der Waals surface area contributed by atoms with Gasteiger partial charge in [-0.05, 0) is 41.3 Å². The monoisotopic (exact) mass is 277 g/mol. The van der Waals surface area contributed by atoms with Gasteiger partial charge in [0, 0.05) is 18.4 Å². The number of thiophene rings is 1. The van der Waals surface area contributed by atoms with Crippen molar-refractivity contribution in [1.29, 1.82) is 0 Å². The molecule has 0 aliphatic carbocycles. The Kier molecular flexibility index (Phi) is 5.83. The molecule has 1 aromatic heterocycles. The summed E-state index contributed by atoms with van der Waals surface area (Å²) >= 11 is 1.86. The molecule has 2 aromatic rings. The van der Waals surface area contributed by atoms with Crippen LogP contribution in [0.2, 0.25) is 0 Å². The standard InChI is InChI=1S/C16H23NOS/c1-3-13(11-17-8-9-18-2)10-14-12-19-16-7-5-4-6-15(14)16/h4-7,12-13,17H,3,8-11H2,1-2H3. The molecule has 1 heterocycles. The van der Waals surface area contributed by atoms with E-state index in [9.17, 15) is 0 Å². The lowest BCUT2D eigenvalue weighted by Crippen LogP contribution is -2.26. The fourth-order valence-electron chi connectivity index (χ4n) is 2.34. The predicted molar refractivity (Wildman–Crippen MR) is 84.1 cm³/mol. The highest BCUT2D eigenvalue weighted by Gasteiger charge is 2.10. The van der Waals surface area contributed by atoms with Crippen molar-refractivity contribution in [2.24, 2.45) is 5.92 Å². The van der Waals surface area contributed by atoms with E-state index in [2.05, 4.69) is 41.9 Å². The van der Waals surface area contributed by atoms with Crippen LogP contribution in [0.3, 0.4) is 0 Å². The Hall–Kier alpha value is -0.900. The summed E-state index contributed by atoms with van der Waals surface area (Å²) in [6.45, 7) is 5.08. The largest absolute Gasteiger partial charge is 0.383 e. The summed E-state index contributed by atoms with van der Waals surface area (Å²) in [7, 11) is 1.75. The zero-order valence-electron chi connectivity index (χ0n) is 11.8. The molecule has 2 nitrogen and oxygen atoms in total. The van der Waals surface area contributed by atoms with E-state index < -0.39 is 0 Å². The lowest BCUT2D eigenvalue weighted by Gasteiger charge is -2.15. The Balaban J connectivity index is 1.94. The van der Waals surface area contributed by atoms with E-state index in [-0.39, 0.29) is 0 Å². The molecule has 0 radical (unpaired) electrons. The van der Waals surface area contributed by atoms with E-state index in [0.29, 0.717) is 5.92 Å². The first kappa shape index (κ1) is 14.5. The van der Waals surface area contributed by atoms with Gasteiger partial charge in [-0.1, -0.05) is 31.5 Å². The Morgan fingerprint density at radius 2 is 2.16 bits per heavy atom. The fraction of sp³-hybridized carbons (Fsp3) is 0.500. The third-order valence-corrected chi connectivity index (χ3v) is 4.58. The third-order valence-electron chi connectivity index (χ3n) is 3.56. The van der Waals surface area contributed by atoms with Crippen LogP contribution in [0.1, 0.15) is 18.9 Å². The van der Waals surface area contributed by atoms with Crippen LogP contribution in [0.4, 0.5) is 0 Å². The highest BCUT2D eigenvalue weighted by Crippen LogP contribution is 2.28. The summed E-state index contributed by atoms with van der Waals surface area (Å²) in [6, 6.07) is 8.70. The van der Waals surface area contributed by atoms with E-state index in [1.165, 1.54) is 28.5 Å². The van der Waals surface area contributed by atoms with Crippen LogP contribution in [-0.2, 0) is 11.2 Å². The van der Waals surface area contributed by atoms with Crippen molar-refractivity contribution in [3.8, 4) is 0 Å². The topological polar surface area (TPSA) is 21.3 Å². The normalized spacial score (nSPS) is 12.9. The lowest BCUT2D eigenvalue weighted by atomic mass is 9.96. The number of ether oxygens (including phenoxy) is 1. The summed E-state index contributed by atoms with van der Waals surface area (Å²) in [5.41, 5.74) is 1.50. The van der Waals surface area contributed by atoms with Crippen molar-refractivity contribution in [2.75, 3.05) is 26.8 Å². The van der Waals surface area contributed by atoms with E-state index in [1.54, 1.807) is 7.11 Å². The first-order valence-electron chi connectivity index (χ1n) is 7.00. The maximum absolute atomic E-state index is 5.06. The molecule has 0 saturated carbocycles. The van der Waals surface area contributed by atoms with Gasteiger partial charge >= 0.3 is 0 Å². The molecule has 0 amide bonds. The van der Waals surface area contributed by atoms with Gasteiger partial charge in [0.2, 0.25) is 0 Å². The number of rotatable bonds is 8. The van der Waals surface area contributed by atoms with E-state index in [1.807, 2.05) is 11.3 Å². The Morgan fingerprint density at radius 3 is 2.95 bits per heavy atom. The maximum Gasteiger partial charge on any atom is 0.0587 e. The summed E-state index contributed by atoms with van der Waals surface area (Å²) in [6.07, 6.45) is 2.38. The molecular weight excluding hydrogens is 254 g/mol. The number of hydrogen-bond acceptors (Lipinski definition) is 3. The molecule has 0 spiro atoms. The summed E-state index contributed by atoms with van der Waals surface area (Å²) in [5.74, 6) is 0.704. The van der Waals surface area contributed by atoms with Gasteiger partial charge in [0.15, 0.2) is 0 Å². The van der Waals surface area contributed by atoms with Crippen molar-refractivity contribution in [1.82, 2.24) is 5.32 Å². The highest BCUT2D eigenvalue weighted by atomic mass is 32.1. The van der Waals surface area contributed by atoms with Gasteiger partial charge in [-0.2, -0.15) is 0 Å². The zero-order chi connectivity index (χ0) is 13.5. The molecular formula is C16H23NOS. The molecule has 1 aromatic carbocycles. The predicted octanol–water partition coefficient (Wildman–Crippen LogP) is 3.71. The fourth-order valence-corrected chi connectivity index (χ4v) is 3.32. The Morgan fingerprint density at radius 1 is 1.32 bits per heavy atom. The number of nitrogens with one attached hydrogen (secondary N) is 1. The SMILES string of the molecule is CCC(CNCCOC)Cc1csc2ccccc12. The number of hydrogen-bond donors (Lipinski definition) is 1. The van der Waals surface area contributed by atoms with Crippen LogP contribution >= 0.6 is 11.3 Å². The minimum Gasteiger partial charge on any atom is -0.383 e. The molecule has 0 aliphatic rings. The second-order valence-corrected chi connectivity index (χ2v) is 5.84. The van der Waals surface area contributed by atoms with Crippen LogP contribution in [0.25, 0.3) is 10.1 Å². The molecule has 19 heavy (non-hydrogen) atoms. The lowest BCUT2D eigenvalue weighted by molar-refractivity contribution is 0.197. The Bertz CT molecular complexity index is 494. The van der Waals surface area contributed by atoms with Gasteiger partial charge in [0.05, 0.1) is 6.61 Å². The Labute approximate surface area is 119 Å². The molecule has 104 valence electrons. The van der Waals surface area contributed by atoms with Gasteiger partial charge in [-0.3, -0.25) is 0 Å². The molecule has 0 bridgehead atoms. The van der Waals surface area contributed by atoms with Crippen molar-refractivity contribution >= 4 is 21.4 Å². The molecule has 1 unspecified atom stereocenters. The van der Waals surface area contributed by atoms with Crippen molar-refractivity contribution in [3.05, 3.63) is 35.2 Å². The van der Waals surface area contributed by atoms with Crippen LogP contribution < -0.4 is 5.32 Å². The van der Waals surface area contributed by atoms with Gasteiger partial charge in [-0.25, -0.2) is 0 Å². The van der Waals surface area contributed by atoms with E-state index in [0.717, 1.165) is 19.7 Å². The molecule has 0 saturated heterocycles. The van der Waals surface area contributed by atoms with Crippen molar-refractivity contribution in [2.45, 2.75) is 19.8 Å². The van der Waals surface area contributed by atoms with Gasteiger partial charge < -0.3 is 10.1 Å². The summed E-state index contributed by atoms with van der Waals surface area (Å²) in [4.78, 5) is 0. The molecule has 1 N–H and O–H groups in total.